The molecule has 0 radical (unpaired) electrons. The van der Waals surface area contributed by atoms with Crippen LogP contribution in [0.25, 0.3) is 22.9 Å². The maximum absolute atomic E-state index is 12.4. The summed E-state index contributed by atoms with van der Waals surface area (Å²) in [7, 11) is 0. The van der Waals surface area contributed by atoms with E-state index in [0.717, 1.165) is 22.4 Å². The second-order valence-electron chi connectivity index (χ2n) is 6.93. The van der Waals surface area contributed by atoms with Crippen LogP contribution < -0.4 is 10.1 Å². The van der Waals surface area contributed by atoms with E-state index in [4.69, 9.17) is 9.15 Å². The van der Waals surface area contributed by atoms with Gasteiger partial charge in [-0.15, -0.1) is 10.2 Å². The van der Waals surface area contributed by atoms with Crippen LogP contribution in [0.1, 0.15) is 11.1 Å². The second kappa shape index (κ2) is 8.61. The molecule has 1 N–H and O–H groups in total. The summed E-state index contributed by atoms with van der Waals surface area (Å²) in [6, 6.07) is 22.7. The number of ether oxygens (including phenoxy) is 1. The number of rotatable bonds is 6. The Kier molecular flexibility index (Phi) is 5.57. The maximum Gasteiger partial charge on any atom is 0.262 e. The number of nitrogens with zero attached hydrogens (tertiary/aromatic N) is 2. The molecule has 30 heavy (non-hydrogen) atoms. The van der Waals surface area contributed by atoms with E-state index in [0.29, 0.717) is 23.1 Å². The summed E-state index contributed by atoms with van der Waals surface area (Å²) < 4.78 is 11.6. The third kappa shape index (κ3) is 4.38. The molecule has 3 aromatic carbocycles. The molecule has 150 valence electrons. The minimum atomic E-state index is -0.243. The molecule has 0 fully saturated rings. The molecule has 0 unspecified atom stereocenters. The van der Waals surface area contributed by atoms with E-state index in [1.54, 1.807) is 6.07 Å². The van der Waals surface area contributed by atoms with E-state index in [2.05, 4.69) is 15.5 Å². The molecule has 0 aliphatic rings. The zero-order chi connectivity index (χ0) is 20.9. The lowest BCUT2D eigenvalue weighted by Gasteiger charge is -2.11. The number of carbonyl (C=O) groups is 1. The summed E-state index contributed by atoms with van der Waals surface area (Å²) in [5.41, 5.74) is 4.38. The van der Waals surface area contributed by atoms with Crippen LogP contribution >= 0.6 is 0 Å². The Hall–Kier alpha value is -3.93. The van der Waals surface area contributed by atoms with Crippen molar-refractivity contribution in [2.75, 3.05) is 11.9 Å². The van der Waals surface area contributed by atoms with Crippen molar-refractivity contribution in [1.29, 1.82) is 0 Å². The Morgan fingerprint density at radius 3 is 2.47 bits per heavy atom. The summed E-state index contributed by atoms with van der Waals surface area (Å²) >= 11 is 0. The Labute approximate surface area is 174 Å². The lowest BCUT2D eigenvalue weighted by molar-refractivity contribution is -0.118. The molecule has 0 atom stereocenters. The average molecular weight is 399 g/mol. The first kappa shape index (κ1) is 19.4. The van der Waals surface area contributed by atoms with Gasteiger partial charge in [0.05, 0.1) is 5.56 Å². The third-order valence-corrected chi connectivity index (χ3v) is 4.58. The molecule has 1 aromatic heterocycles. The highest BCUT2D eigenvalue weighted by Crippen LogP contribution is 2.31. The summed E-state index contributed by atoms with van der Waals surface area (Å²) in [6.07, 6.45) is 0. The lowest BCUT2D eigenvalue weighted by atomic mass is 10.1. The van der Waals surface area contributed by atoms with Gasteiger partial charge in [-0.3, -0.25) is 4.79 Å². The molecule has 6 heteroatoms. The zero-order valence-electron chi connectivity index (χ0n) is 16.8. The number of para-hydroxylation sites is 1. The SMILES string of the molecule is Cc1ccc(NC(=O)COc2ccccc2-c2nnc(-c3ccccc3)o2)c(C)c1. The molecule has 0 saturated heterocycles. The van der Waals surface area contributed by atoms with Gasteiger partial charge >= 0.3 is 0 Å². The quantitative estimate of drug-likeness (QED) is 0.492. The van der Waals surface area contributed by atoms with Crippen molar-refractivity contribution in [3.63, 3.8) is 0 Å². The molecule has 6 nitrogen and oxygen atoms in total. The molecule has 0 bridgehead atoms. The molecule has 4 aromatic rings. The third-order valence-electron chi connectivity index (χ3n) is 4.58. The van der Waals surface area contributed by atoms with Crippen LogP contribution in [-0.2, 0) is 4.79 Å². The number of hydrogen-bond donors (Lipinski definition) is 1. The Morgan fingerprint density at radius 2 is 1.67 bits per heavy atom. The van der Waals surface area contributed by atoms with Crippen molar-refractivity contribution in [1.82, 2.24) is 10.2 Å². The number of hydrogen-bond acceptors (Lipinski definition) is 5. The van der Waals surface area contributed by atoms with Gasteiger partial charge in [0, 0.05) is 11.3 Å². The predicted molar refractivity (Wildman–Crippen MR) is 115 cm³/mol. The van der Waals surface area contributed by atoms with Gasteiger partial charge in [-0.1, -0.05) is 48.0 Å². The van der Waals surface area contributed by atoms with Crippen LogP contribution in [0.5, 0.6) is 5.75 Å². The fraction of sp³-hybridized carbons (Fsp3) is 0.125. The minimum absolute atomic E-state index is 0.135. The molecule has 4 rings (SSSR count). The van der Waals surface area contributed by atoms with Crippen LogP contribution in [0.15, 0.2) is 77.2 Å². The number of carbonyl (C=O) groups excluding carboxylic acids is 1. The van der Waals surface area contributed by atoms with E-state index in [1.807, 2.05) is 80.6 Å². The number of aromatic nitrogens is 2. The van der Waals surface area contributed by atoms with Crippen molar-refractivity contribution < 1.29 is 13.9 Å². The monoisotopic (exact) mass is 399 g/mol. The van der Waals surface area contributed by atoms with Gasteiger partial charge in [0.2, 0.25) is 5.89 Å². The zero-order valence-corrected chi connectivity index (χ0v) is 16.8. The molecule has 1 amide bonds. The van der Waals surface area contributed by atoms with Crippen LogP contribution in [0.4, 0.5) is 5.69 Å². The van der Waals surface area contributed by atoms with Crippen molar-refractivity contribution in [3.8, 4) is 28.7 Å². The molecule has 0 saturated carbocycles. The van der Waals surface area contributed by atoms with Gasteiger partial charge in [0.25, 0.3) is 11.8 Å². The highest BCUT2D eigenvalue weighted by molar-refractivity contribution is 5.92. The number of benzene rings is 3. The van der Waals surface area contributed by atoms with Gasteiger partial charge in [0.15, 0.2) is 6.61 Å². The number of nitrogens with one attached hydrogen (secondary N) is 1. The molecular weight excluding hydrogens is 378 g/mol. The Bertz CT molecular complexity index is 1170. The smallest absolute Gasteiger partial charge is 0.262 e. The van der Waals surface area contributed by atoms with E-state index in [1.165, 1.54) is 0 Å². The number of anilines is 1. The van der Waals surface area contributed by atoms with E-state index in [9.17, 15) is 4.79 Å². The Morgan fingerprint density at radius 1 is 0.933 bits per heavy atom. The van der Waals surface area contributed by atoms with E-state index >= 15 is 0 Å². The highest BCUT2D eigenvalue weighted by Gasteiger charge is 2.15. The summed E-state index contributed by atoms with van der Waals surface area (Å²) in [5, 5.41) is 11.1. The molecule has 0 spiro atoms. The molecule has 1 heterocycles. The van der Waals surface area contributed by atoms with Crippen molar-refractivity contribution >= 4 is 11.6 Å². The summed E-state index contributed by atoms with van der Waals surface area (Å²) in [4.78, 5) is 12.4. The summed E-state index contributed by atoms with van der Waals surface area (Å²) in [6.45, 7) is 3.84. The largest absolute Gasteiger partial charge is 0.483 e. The number of amides is 1. The fourth-order valence-electron chi connectivity index (χ4n) is 3.08. The normalized spacial score (nSPS) is 10.6. The maximum atomic E-state index is 12.4. The second-order valence-corrected chi connectivity index (χ2v) is 6.93. The van der Waals surface area contributed by atoms with Crippen LogP contribution in [0, 0.1) is 13.8 Å². The standard InChI is InChI=1S/C24H21N3O3/c1-16-12-13-20(17(2)14-16)25-22(28)15-29-21-11-7-6-10-19(21)24-27-26-23(30-24)18-8-4-3-5-9-18/h3-14H,15H2,1-2H3,(H,25,28). The van der Waals surface area contributed by atoms with Gasteiger partial charge in [-0.2, -0.15) is 0 Å². The first-order valence-electron chi connectivity index (χ1n) is 9.58. The van der Waals surface area contributed by atoms with Gasteiger partial charge in [-0.25, -0.2) is 0 Å². The molecule has 0 aliphatic heterocycles. The van der Waals surface area contributed by atoms with Crippen molar-refractivity contribution in [2.45, 2.75) is 13.8 Å². The minimum Gasteiger partial charge on any atom is -0.483 e. The lowest BCUT2D eigenvalue weighted by Crippen LogP contribution is -2.20. The topological polar surface area (TPSA) is 77.2 Å². The van der Waals surface area contributed by atoms with E-state index < -0.39 is 0 Å². The molecular formula is C24H21N3O3. The number of aryl methyl sites for hydroxylation is 2. The van der Waals surface area contributed by atoms with Gasteiger partial charge in [0.1, 0.15) is 5.75 Å². The average Bonchev–Trinajstić information content (AvgIpc) is 3.25. The Balaban J connectivity index is 1.47. The van der Waals surface area contributed by atoms with Gasteiger partial charge in [-0.05, 0) is 49.7 Å². The predicted octanol–water partition coefficient (Wildman–Crippen LogP) is 5.04. The highest BCUT2D eigenvalue weighted by atomic mass is 16.5. The van der Waals surface area contributed by atoms with Gasteiger partial charge < -0.3 is 14.5 Å². The first-order valence-corrected chi connectivity index (χ1v) is 9.58. The van der Waals surface area contributed by atoms with E-state index in [-0.39, 0.29) is 12.5 Å². The summed E-state index contributed by atoms with van der Waals surface area (Å²) in [5.74, 6) is 1.01. The first-order chi connectivity index (χ1) is 14.6. The molecule has 0 aliphatic carbocycles. The van der Waals surface area contributed by atoms with Crippen molar-refractivity contribution in [2.24, 2.45) is 0 Å². The van der Waals surface area contributed by atoms with Crippen LogP contribution in [0.2, 0.25) is 0 Å². The van der Waals surface area contributed by atoms with Crippen LogP contribution in [-0.4, -0.2) is 22.7 Å². The van der Waals surface area contributed by atoms with Crippen LogP contribution in [0.3, 0.4) is 0 Å². The van der Waals surface area contributed by atoms with Crippen molar-refractivity contribution in [3.05, 3.63) is 83.9 Å². The fourth-order valence-corrected chi connectivity index (χ4v) is 3.08.